The molecule has 33 heavy (non-hydrogen) atoms. The number of ether oxygens (including phenoxy) is 1. The third-order valence-electron chi connectivity index (χ3n) is 6.70. The van der Waals surface area contributed by atoms with E-state index in [1.54, 1.807) is 11.8 Å². The maximum Gasteiger partial charge on any atom is 0.222 e. The van der Waals surface area contributed by atoms with Crippen molar-refractivity contribution in [2.75, 3.05) is 19.6 Å². The summed E-state index contributed by atoms with van der Waals surface area (Å²) in [5.74, 6) is -2.47. The van der Waals surface area contributed by atoms with Crippen LogP contribution in [0.15, 0.2) is 23.1 Å². The van der Waals surface area contributed by atoms with Gasteiger partial charge in [0.05, 0.1) is 11.1 Å². The zero-order valence-electron chi connectivity index (χ0n) is 19.0. The topological polar surface area (TPSA) is 133 Å². The van der Waals surface area contributed by atoms with Crippen LogP contribution in [0, 0.1) is 6.92 Å². The number of fused-ring (bicyclic) bond motifs is 3. The number of hydrogen-bond donors (Lipinski definition) is 3. The molecular weight excluding hydrogens is 428 g/mol. The summed E-state index contributed by atoms with van der Waals surface area (Å²) in [6.07, 6.45) is 2.53. The van der Waals surface area contributed by atoms with Crippen LogP contribution in [-0.4, -0.2) is 58.0 Å². The molecule has 3 aliphatic rings. The van der Waals surface area contributed by atoms with E-state index < -0.39 is 28.5 Å². The number of phenols is 2. The Bertz CT molecular complexity index is 1190. The van der Waals surface area contributed by atoms with Gasteiger partial charge in [0.15, 0.2) is 17.3 Å². The minimum absolute atomic E-state index is 0.00508. The summed E-state index contributed by atoms with van der Waals surface area (Å²) < 4.78 is 5.74. The van der Waals surface area contributed by atoms with Crippen molar-refractivity contribution in [2.24, 2.45) is 0 Å². The Morgan fingerprint density at radius 3 is 2.52 bits per heavy atom. The average molecular weight is 454 g/mol. The van der Waals surface area contributed by atoms with Crippen LogP contribution in [0.1, 0.15) is 55.1 Å². The van der Waals surface area contributed by atoms with Crippen LogP contribution in [0.2, 0.25) is 0 Å². The molecule has 1 unspecified atom stereocenters. The fraction of sp³-hybridized carbons (Fsp3) is 0.417. The molecule has 1 fully saturated rings. The van der Waals surface area contributed by atoms with Crippen molar-refractivity contribution in [1.29, 1.82) is 0 Å². The molecule has 1 aromatic carbocycles. The van der Waals surface area contributed by atoms with Gasteiger partial charge in [-0.05, 0) is 34.1 Å². The van der Waals surface area contributed by atoms with Crippen molar-refractivity contribution < 1.29 is 34.1 Å². The number of rotatable bonds is 5. The first-order valence-electron chi connectivity index (χ1n) is 10.8. The number of phenolic OH excluding ortho intramolecular Hbond substituents is 2. The highest BCUT2D eigenvalue weighted by molar-refractivity contribution is 6.31. The monoisotopic (exact) mass is 454 g/mol. The van der Waals surface area contributed by atoms with Crippen molar-refractivity contribution in [3.63, 3.8) is 0 Å². The summed E-state index contributed by atoms with van der Waals surface area (Å²) in [6.45, 7) is 7.33. The Balaban J connectivity index is 1.74. The van der Waals surface area contributed by atoms with E-state index in [0.29, 0.717) is 31.8 Å². The number of Topliss-reactive ketones (excluding diaryl/α,β-unsaturated/α-hetero) is 2. The SMILES string of the molecule is CC(=O)c1c(O)c(C)c(O)c2c1OC1=CC(=O)C(=C(C)NCCN3CCCC3=O)C(=O)C12C. The van der Waals surface area contributed by atoms with Crippen molar-refractivity contribution in [1.82, 2.24) is 10.2 Å². The van der Waals surface area contributed by atoms with Gasteiger partial charge in [-0.2, -0.15) is 0 Å². The van der Waals surface area contributed by atoms with Crippen LogP contribution in [0.5, 0.6) is 17.2 Å². The number of hydrogen-bond acceptors (Lipinski definition) is 8. The zero-order valence-corrected chi connectivity index (χ0v) is 19.0. The van der Waals surface area contributed by atoms with Crippen LogP contribution < -0.4 is 10.1 Å². The summed E-state index contributed by atoms with van der Waals surface area (Å²) >= 11 is 0. The molecule has 1 aliphatic carbocycles. The number of nitrogens with zero attached hydrogens (tertiary/aromatic N) is 1. The van der Waals surface area contributed by atoms with Gasteiger partial charge in [0, 0.05) is 43.4 Å². The summed E-state index contributed by atoms with van der Waals surface area (Å²) in [4.78, 5) is 52.3. The minimum atomic E-state index is -1.54. The van der Waals surface area contributed by atoms with Crippen LogP contribution in [0.25, 0.3) is 0 Å². The maximum absolute atomic E-state index is 13.7. The lowest BCUT2D eigenvalue weighted by Gasteiger charge is -2.29. The molecule has 2 aliphatic heterocycles. The summed E-state index contributed by atoms with van der Waals surface area (Å²) in [6, 6.07) is 0. The third kappa shape index (κ3) is 3.21. The maximum atomic E-state index is 13.7. The zero-order chi connectivity index (χ0) is 24.2. The molecule has 9 nitrogen and oxygen atoms in total. The predicted molar refractivity (Wildman–Crippen MR) is 117 cm³/mol. The first-order chi connectivity index (χ1) is 15.5. The van der Waals surface area contributed by atoms with Gasteiger partial charge in [-0.1, -0.05) is 0 Å². The van der Waals surface area contributed by atoms with E-state index >= 15 is 0 Å². The van der Waals surface area contributed by atoms with Crippen LogP contribution in [0.3, 0.4) is 0 Å². The van der Waals surface area contributed by atoms with E-state index in [2.05, 4.69) is 5.32 Å². The summed E-state index contributed by atoms with van der Waals surface area (Å²) in [5, 5.41) is 24.3. The molecule has 0 spiro atoms. The van der Waals surface area contributed by atoms with Crippen LogP contribution in [-0.2, 0) is 19.8 Å². The number of allylic oxidation sites excluding steroid dienone is 4. The highest BCUT2D eigenvalue weighted by Crippen LogP contribution is 2.57. The smallest absolute Gasteiger partial charge is 0.222 e. The number of carbonyl (C=O) groups is 4. The van der Waals surface area contributed by atoms with Gasteiger partial charge in [0.25, 0.3) is 0 Å². The van der Waals surface area contributed by atoms with E-state index in [1.807, 2.05) is 0 Å². The number of aromatic hydroxyl groups is 2. The van der Waals surface area contributed by atoms with E-state index in [1.165, 1.54) is 26.8 Å². The van der Waals surface area contributed by atoms with Crippen molar-refractivity contribution in [3.8, 4) is 17.2 Å². The number of likely N-dealkylation sites (tertiary alicyclic amines) is 1. The lowest BCUT2D eigenvalue weighted by atomic mass is 9.70. The molecule has 1 amide bonds. The van der Waals surface area contributed by atoms with Crippen LogP contribution in [0.4, 0.5) is 0 Å². The normalized spacial score (nSPS) is 23.2. The Kier molecular flexibility index (Phi) is 5.30. The van der Waals surface area contributed by atoms with Crippen molar-refractivity contribution in [3.05, 3.63) is 39.8 Å². The Morgan fingerprint density at radius 2 is 1.91 bits per heavy atom. The predicted octanol–water partition coefficient (Wildman–Crippen LogP) is 1.78. The molecule has 3 N–H and O–H groups in total. The fourth-order valence-electron chi connectivity index (χ4n) is 4.77. The largest absolute Gasteiger partial charge is 0.507 e. The average Bonchev–Trinajstić information content (AvgIpc) is 3.27. The molecule has 0 saturated carbocycles. The van der Waals surface area contributed by atoms with Gasteiger partial charge in [-0.3, -0.25) is 19.2 Å². The van der Waals surface area contributed by atoms with Crippen molar-refractivity contribution >= 4 is 23.3 Å². The number of benzene rings is 1. The van der Waals surface area contributed by atoms with Crippen molar-refractivity contribution in [2.45, 2.75) is 46.0 Å². The van der Waals surface area contributed by atoms with E-state index in [0.717, 1.165) is 6.42 Å². The minimum Gasteiger partial charge on any atom is -0.507 e. The number of ketones is 3. The molecule has 1 saturated heterocycles. The quantitative estimate of drug-likeness (QED) is 0.348. The fourth-order valence-corrected chi connectivity index (χ4v) is 4.77. The Morgan fingerprint density at radius 1 is 1.21 bits per heavy atom. The Hall–Kier alpha value is -3.62. The lowest BCUT2D eigenvalue weighted by molar-refractivity contribution is -0.128. The molecule has 174 valence electrons. The van der Waals surface area contributed by atoms with E-state index in [9.17, 15) is 29.4 Å². The molecule has 2 heterocycles. The molecule has 1 atom stereocenters. The second-order valence-corrected chi connectivity index (χ2v) is 8.80. The van der Waals surface area contributed by atoms with Gasteiger partial charge in [-0.25, -0.2) is 0 Å². The molecule has 0 aromatic heterocycles. The van der Waals surface area contributed by atoms with Gasteiger partial charge in [-0.15, -0.1) is 0 Å². The third-order valence-corrected chi connectivity index (χ3v) is 6.70. The second-order valence-electron chi connectivity index (χ2n) is 8.80. The number of carbonyl (C=O) groups excluding carboxylic acids is 4. The molecule has 1 aromatic rings. The number of amides is 1. The van der Waals surface area contributed by atoms with Gasteiger partial charge in [0.1, 0.15) is 34.0 Å². The molecule has 9 heteroatoms. The summed E-state index contributed by atoms with van der Waals surface area (Å²) in [7, 11) is 0. The lowest BCUT2D eigenvalue weighted by Crippen LogP contribution is -2.41. The van der Waals surface area contributed by atoms with Gasteiger partial charge in [0.2, 0.25) is 5.91 Å². The molecule has 0 bridgehead atoms. The highest BCUT2D eigenvalue weighted by atomic mass is 16.5. The number of nitrogens with one attached hydrogen (secondary N) is 1. The first-order valence-corrected chi connectivity index (χ1v) is 10.8. The summed E-state index contributed by atoms with van der Waals surface area (Å²) in [5.41, 5.74) is -1.32. The molecular formula is C24H26N2O7. The highest BCUT2D eigenvalue weighted by Gasteiger charge is 2.56. The van der Waals surface area contributed by atoms with E-state index in [-0.39, 0.29) is 45.4 Å². The Labute approximate surface area is 190 Å². The van der Waals surface area contributed by atoms with Gasteiger partial charge >= 0.3 is 0 Å². The van der Waals surface area contributed by atoms with E-state index in [4.69, 9.17) is 4.74 Å². The second kappa shape index (κ2) is 7.75. The van der Waals surface area contributed by atoms with Crippen LogP contribution >= 0.6 is 0 Å². The molecule has 0 radical (unpaired) electrons. The standard InChI is InChI=1S/C24H26N2O7/c1-11-20(30)18(13(3)27)22-19(21(11)31)24(4)15(33-22)10-14(28)17(23(24)32)12(2)25-7-9-26-8-5-6-16(26)29/h10,25,30-31H,5-9H2,1-4H3. The first kappa shape index (κ1) is 22.6. The molecule has 4 rings (SSSR count). The van der Waals surface area contributed by atoms with Gasteiger partial charge < -0.3 is 25.2 Å².